The standard InChI is InChI=1S/C32H42N4O3/c1-4-12-25(30(33)37)26(19-22(2)3)31(38)34-27-21-35(24-15-6-5-7-16-24)28-17-10-11-18-29(28)36(32(27)39)20-23-13-8-9-14-23/h4-7,10-11,15-18,22-23,25-27H,1,8-9,12-14,19-21H2,2-3H3,(H2,33,37)(H,34,38)/t25-,26+,27?/m0/s1. The molecule has 2 aromatic carbocycles. The molecule has 0 radical (unpaired) electrons. The van der Waals surface area contributed by atoms with Crippen molar-refractivity contribution in [1.82, 2.24) is 5.32 Å². The number of nitrogens with two attached hydrogens (primary N) is 1. The molecule has 3 atom stereocenters. The van der Waals surface area contributed by atoms with Gasteiger partial charge in [0.05, 0.1) is 29.8 Å². The van der Waals surface area contributed by atoms with Gasteiger partial charge in [-0.2, -0.15) is 0 Å². The van der Waals surface area contributed by atoms with Gasteiger partial charge in [-0.1, -0.05) is 63.1 Å². The number of hydrogen-bond donors (Lipinski definition) is 2. The summed E-state index contributed by atoms with van der Waals surface area (Å²) < 4.78 is 0. The molecule has 1 saturated carbocycles. The van der Waals surface area contributed by atoms with Gasteiger partial charge in [0.25, 0.3) is 5.91 Å². The second kappa shape index (κ2) is 13.0. The van der Waals surface area contributed by atoms with E-state index in [-0.39, 0.29) is 24.3 Å². The first kappa shape index (κ1) is 28.4. The molecule has 39 heavy (non-hydrogen) atoms. The lowest BCUT2D eigenvalue weighted by molar-refractivity contribution is -0.135. The normalized spacial score (nSPS) is 19.4. The molecule has 1 unspecified atom stereocenters. The van der Waals surface area contributed by atoms with E-state index in [4.69, 9.17) is 5.73 Å². The smallest absolute Gasteiger partial charge is 0.251 e. The zero-order valence-corrected chi connectivity index (χ0v) is 23.2. The zero-order valence-electron chi connectivity index (χ0n) is 23.2. The van der Waals surface area contributed by atoms with Gasteiger partial charge in [0.15, 0.2) is 0 Å². The Labute approximate surface area is 232 Å². The summed E-state index contributed by atoms with van der Waals surface area (Å²) in [5.41, 5.74) is 8.48. The maximum atomic E-state index is 14.3. The summed E-state index contributed by atoms with van der Waals surface area (Å²) in [4.78, 5) is 44.5. The van der Waals surface area contributed by atoms with Crippen molar-refractivity contribution in [1.29, 1.82) is 0 Å². The van der Waals surface area contributed by atoms with Gasteiger partial charge in [0.2, 0.25) is 11.8 Å². The predicted molar refractivity (Wildman–Crippen MR) is 157 cm³/mol. The summed E-state index contributed by atoms with van der Waals surface area (Å²) in [5.74, 6) is -1.68. The number of anilines is 3. The van der Waals surface area contributed by atoms with E-state index in [0.717, 1.165) is 29.9 Å². The van der Waals surface area contributed by atoms with Crippen molar-refractivity contribution in [2.24, 2.45) is 29.4 Å². The number of primary amides is 1. The molecule has 7 nitrogen and oxygen atoms in total. The number of amides is 3. The minimum Gasteiger partial charge on any atom is -0.369 e. The van der Waals surface area contributed by atoms with Crippen LogP contribution in [0.4, 0.5) is 17.1 Å². The van der Waals surface area contributed by atoms with Crippen LogP contribution < -0.4 is 20.9 Å². The highest BCUT2D eigenvalue weighted by Crippen LogP contribution is 2.39. The van der Waals surface area contributed by atoms with Crippen LogP contribution >= 0.6 is 0 Å². The predicted octanol–water partition coefficient (Wildman–Crippen LogP) is 5.19. The average molecular weight is 531 g/mol. The lowest BCUT2D eigenvalue weighted by Gasteiger charge is -2.30. The van der Waals surface area contributed by atoms with Crippen LogP contribution in [0, 0.1) is 23.7 Å². The molecule has 2 aliphatic rings. The number of nitrogens with one attached hydrogen (secondary N) is 1. The fourth-order valence-corrected chi connectivity index (χ4v) is 6.08. The summed E-state index contributed by atoms with van der Waals surface area (Å²) in [6.45, 7) is 8.70. The number of hydrogen-bond acceptors (Lipinski definition) is 4. The van der Waals surface area contributed by atoms with Crippen LogP contribution in [0.25, 0.3) is 0 Å². The second-order valence-corrected chi connectivity index (χ2v) is 11.4. The first-order chi connectivity index (χ1) is 18.8. The summed E-state index contributed by atoms with van der Waals surface area (Å²) >= 11 is 0. The maximum absolute atomic E-state index is 14.3. The molecule has 0 bridgehead atoms. The van der Waals surface area contributed by atoms with E-state index in [1.807, 2.05) is 73.3 Å². The van der Waals surface area contributed by atoms with Crippen molar-refractivity contribution < 1.29 is 14.4 Å². The van der Waals surface area contributed by atoms with Crippen LogP contribution in [-0.2, 0) is 14.4 Å². The van der Waals surface area contributed by atoms with Crippen molar-refractivity contribution in [2.75, 3.05) is 22.9 Å². The number of carbonyl (C=O) groups is 3. The molecule has 0 aromatic heterocycles. The molecule has 3 N–H and O–H groups in total. The van der Waals surface area contributed by atoms with E-state index in [1.54, 1.807) is 6.08 Å². The van der Waals surface area contributed by atoms with Gasteiger partial charge < -0.3 is 20.9 Å². The molecular weight excluding hydrogens is 488 g/mol. The third kappa shape index (κ3) is 6.70. The van der Waals surface area contributed by atoms with Crippen molar-refractivity contribution in [3.05, 3.63) is 67.3 Å². The number of para-hydroxylation sites is 3. The highest BCUT2D eigenvalue weighted by molar-refractivity contribution is 6.04. The average Bonchev–Trinajstić information content (AvgIpc) is 3.41. The quantitative estimate of drug-likeness (QED) is 0.391. The Balaban J connectivity index is 1.72. The van der Waals surface area contributed by atoms with Gasteiger partial charge >= 0.3 is 0 Å². The van der Waals surface area contributed by atoms with Gasteiger partial charge in [-0.3, -0.25) is 14.4 Å². The fraction of sp³-hybridized carbons (Fsp3) is 0.469. The summed E-state index contributed by atoms with van der Waals surface area (Å²) in [7, 11) is 0. The molecule has 1 fully saturated rings. The molecule has 1 heterocycles. The summed E-state index contributed by atoms with van der Waals surface area (Å²) in [6.07, 6.45) is 6.99. The minimum absolute atomic E-state index is 0.122. The third-order valence-electron chi connectivity index (χ3n) is 8.03. The largest absolute Gasteiger partial charge is 0.369 e. The van der Waals surface area contributed by atoms with Crippen LogP contribution in [-0.4, -0.2) is 36.9 Å². The van der Waals surface area contributed by atoms with E-state index < -0.39 is 23.8 Å². The Morgan fingerprint density at radius 2 is 1.67 bits per heavy atom. The van der Waals surface area contributed by atoms with E-state index in [9.17, 15) is 14.4 Å². The van der Waals surface area contributed by atoms with Gasteiger partial charge in [-0.05, 0) is 61.8 Å². The van der Waals surface area contributed by atoms with Crippen LogP contribution in [0.15, 0.2) is 67.3 Å². The summed E-state index contributed by atoms with van der Waals surface area (Å²) in [5, 5.41) is 3.08. The molecule has 4 rings (SSSR count). The monoisotopic (exact) mass is 530 g/mol. The van der Waals surface area contributed by atoms with Crippen LogP contribution in [0.3, 0.4) is 0 Å². The van der Waals surface area contributed by atoms with Gasteiger partial charge in [-0.15, -0.1) is 6.58 Å². The molecule has 7 heteroatoms. The number of nitrogens with zero attached hydrogens (tertiary/aromatic N) is 2. The molecule has 0 spiro atoms. The Kier molecular flexibility index (Phi) is 9.44. The van der Waals surface area contributed by atoms with Crippen LogP contribution in [0.2, 0.25) is 0 Å². The van der Waals surface area contributed by atoms with Crippen LogP contribution in [0.5, 0.6) is 0 Å². The second-order valence-electron chi connectivity index (χ2n) is 11.4. The molecule has 208 valence electrons. The zero-order chi connectivity index (χ0) is 27.9. The topological polar surface area (TPSA) is 95.7 Å². The van der Waals surface area contributed by atoms with Gasteiger partial charge in [0, 0.05) is 12.2 Å². The number of allylic oxidation sites excluding steroid dienone is 1. The van der Waals surface area contributed by atoms with Crippen LogP contribution in [0.1, 0.15) is 52.4 Å². The van der Waals surface area contributed by atoms with E-state index in [2.05, 4.69) is 16.8 Å². The van der Waals surface area contributed by atoms with Gasteiger partial charge in [0.1, 0.15) is 6.04 Å². The number of benzene rings is 2. The highest BCUT2D eigenvalue weighted by atomic mass is 16.2. The van der Waals surface area contributed by atoms with E-state index in [0.29, 0.717) is 25.3 Å². The first-order valence-corrected chi connectivity index (χ1v) is 14.2. The first-order valence-electron chi connectivity index (χ1n) is 14.2. The van der Waals surface area contributed by atoms with E-state index >= 15 is 0 Å². The minimum atomic E-state index is -0.793. The lowest BCUT2D eigenvalue weighted by atomic mass is 9.82. The van der Waals surface area contributed by atoms with Crippen molar-refractivity contribution in [3.8, 4) is 0 Å². The number of rotatable bonds is 11. The molecular formula is C32H42N4O3. The van der Waals surface area contributed by atoms with Crippen molar-refractivity contribution >= 4 is 34.8 Å². The highest BCUT2D eigenvalue weighted by Gasteiger charge is 2.39. The lowest BCUT2D eigenvalue weighted by Crippen LogP contribution is -2.54. The molecule has 1 aliphatic heterocycles. The van der Waals surface area contributed by atoms with E-state index in [1.165, 1.54) is 12.8 Å². The Hall–Kier alpha value is -3.61. The SMILES string of the molecule is C=CC[C@H](C(N)=O)[C@@H](CC(C)C)C(=O)NC1CN(c2ccccc2)c2ccccc2N(CC2CCCC2)C1=O. The molecule has 2 aromatic rings. The van der Waals surface area contributed by atoms with Crippen molar-refractivity contribution in [2.45, 2.75) is 58.4 Å². The Morgan fingerprint density at radius 3 is 2.28 bits per heavy atom. The molecule has 1 aliphatic carbocycles. The third-order valence-corrected chi connectivity index (χ3v) is 8.03. The number of fused-ring (bicyclic) bond motifs is 1. The fourth-order valence-electron chi connectivity index (χ4n) is 6.08. The molecule has 0 saturated heterocycles. The Morgan fingerprint density at radius 1 is 1.03 bits per heavy atom. The van der Waals surface area contributed by atoms with Crippen molar-refractivity contribution in [3.63, 3.8) is 0 Å². The van der Waals surface area contributed by atoms with Gasteiger partial charge in [-0.25, -0.2) is 0 Å². The maximum Gasteiger partial charge on any atom is 0.251 e. The number of carbonyl (C=O) groups excluding carboxylic acids is 3. The summed E-state index contributed by atoms with van der Waals surface area (Å²) in [6, 6.07) is 17.1. The molecule has 3 amide bonds. The Bertz CT molecular complexity index is 1160.